The van der Waals surface area contributed by atoms with E-state index in [2.05, 4.69) is 42.5 Å². The van der Waals surface area contributed by atoms with Crippen LogP contribution in [0.5, 0.6) is 0 Å². The van der Waals surface area contributed by atoms with E-state index < -0.39 is 0 Å². The molecule has 0 aliphatic rings. The third kappa shape index (κ3) is 6.62. The lowest BCUT2D eigenvalue weighted by molar-refractivity contribution is -0.117. The molecule has 8 heteroatoms. The first-order valence-corrected chi connectivity index (χ1v) is 9.69. The Labute approximate surface area is 172 Å². The fraction of sp³-hybridized carbons (Fsp3) is 0.176. The largest absolute Gasteiger partial charge is 0.326 e. The molecule has 0 fully saturated rings. The Morgan fingerprint density at radius 2 is 1.20 bits per heavy atom. The zero-order valence-corrected chi connectivity index (χ0v) is 17.6. The zero-order chi connectivity index (χ0) is 18.4. The van der Waals surface area contributed by atoms with E-state index in [1.54, 1.807) is 36.4 Å². The highest BCUT2D eigenvalue weighted by atomic mass is 79.9. The minimum Gasteiger partial charge on any atom is -0.326 e. The van der Waals surface area contributed by atoms with E-state index >= 15 is 0 Å². The summed E-state index contributed by atoms with van der Waals surface area (Å²) >= 11 is 18.5. The van der Waals surface area contributed by atoms with Crippen molar-refractivity contribution in [1.29, 1.82) is 0 Å². The molecule has 2 amide bonds. The average molecular weight is 509 g/mol. The molecule has 0 aromatic heterocycles. The minimum absolute atomic E-state index is 0.169. The quantitative estimate of drug-likeness (QED) is 0.483. The summed E-state index contributed by atoms with van der Waals surface area (Å²) < 4.78 is 1.52. The smallest absolute Gasteiger partial charge is 0.224 e. The summed E-state index contributed by atoms with van der Waals surface area (Å²) in [4.78, 5) is 23.8. The molecule has 2 rings (SSSR count). The highest BCUT2D eigenvalue weighted by molar-refractivity contribution is 9.10. The Balaban J connectivity index is 1.75. The standard InChI is InChI=1S/C17H14Br2Cl2N2O2/c18-12-6-4-10(8-14(12)20)22-16(24)2-1-3-17(25)23-11-5-7-13(19)15(21)9-11/h4-9H,1-3H2,(H,22,24)(H,23,25). The van der Waals surface area contributed by atoms with Gasteiger partial charge in [-0.05, 0) is 74.7 Å². The zero-order valence-electron chi connectivity index (χ0n) is 12.9. The molecule has 132 valence electrons. The van der Waals surface area contributed by atoms with Crippen molar-refractivity contribution in [2.45, 2.75) is 19.3 Å². The summed E-state index contributed by atoms with van der Waals surface area (Å²) in [5.74, 6) is -0.337. The van der Waals surface area contributed by atoms with Gasteiger partial charge in [0, 0.05) is 33.2 Å². The molecular formula is C17H14Br2Cl2N2O2. The molecule has 25 heavy (non-hydrogen) atoms. The Bertz CT molecular complexity index is 735. The van der Waals surface area contributed by atoms with Gasteiger partial charge in [0.15, 0.2) is 0 Å². The molecule has 0 atom stereocenters. The van der Waals surface area contributed by atoms with Gasteiger partial charge in [0.05, 0.1) is 10.0 Å². The van der Waals surface area contributed by atoms with Crippen molar-refractivity contribution in [3.63, 3.8) is 0 Å². The summed E-state index contributed by atoms with van der Waals surface area (Å²) in [6.07, 6.45) is 0.913. The van der Waals surface area contributed by atoms with E-state index in [0.29, 0.717) is 27.8 Å². The highest BCUT2D eigenvalue weighted by Gasteiger charge is 2.08. The highest BCUT2D eigenvalue weighted by Crippen LogP contribution is 2.26. The van der Waals surface area contributed by atoms with Crippen LogP contribution >= 0.6 is 55.1 Å². The number of carbonyl (C=O) groups is 2. The van der Waals surface area contributed by atoms with Crippen molar-refractivity contribution >= 4 is 78.3 Å². The predicted molar refractivity (Wildman–Crippen MR) is 109 cm³/mol. The van der Waals surface area contributed by atoms with Gasteiger partial charge in [0.25, 0.3) is 0 Å². The lowest BCUT2D eigenvalue weighted by atomic mass is 10.2. The van der Waals surface area contributed by atoms with Crippen LogP contribution in [0.25, 0.3) is 0 Å². The topological polar surface area (TPSA) is 58.2 Å². The minimum atomic E-state index is -0.169. The number of carbonyl (C=O) groups excluding carboxylic acids is 2. The second-order valence-electron chi connectivity index (χ2n) is 5.21. The summed E-state index contributed by atoms with van der Waals surface area (Å²) in [5.41, 5.74) is 1.24. The maximum atomic E-state index is 11.9. The van der Waals surface area contributed by atoms with E-state index in [4.69, 9.17) is 23.2 Å². The van der Waals surface area contributed by atoms with Gasteiger partial charge < -0.3 is 10.6 Å². The molecule has 0 unspecified atom stereocenters. The molecule has 2 aromatic carbocycles. The van der Waals surface area contributed by atoms with Crippen LogP contribution < -0.4 is 10.6 Å². The average Bonchev–Trinajstić information content (AvgIpc) is 2.54. The lowest BCUT2D eigenvalue weighted by Gasteiger charge is -2.08. The molecule has 0 bridgehead atoms. The molecule has 0 spiro atoms. The van der Waals surface area contributed by atoms with Crippen molar-refractivity contribution in [3.05, 3.63) is 55.4 Å². The van der Waals surface area contributed by atoms with E-state index in [-0.39, 0.29) is 24.7 Å². The van der Waals surface area contributed by atoms with Gasteiger partial charge in [-0.1, -0.05) is 23.2 Å². The fourth-order valence-electron chi connectivity index (χ4n) is 2.00. The van der Waals surface area contributed by atoms with Crippen LogP contribution in [-0.2, 0) is 9.59 Å². The molecule has 2 N–H and O–H groups in total. The predicted octanol–water partition coefficient (Wildman–Crippen LogP) is 6.27. The number of hydrogen-bond donors (Lipinski definition) is 2. The Kier molecular flexibility index (Phi) is 7.75. The first-order chi connectivity index (χ1) is 11.8. The monoisotopic (exact) mass is 506 g/mol. The number of anilines is 2. The number of rotatable bonds is 6. The van der Waals surface area contributed by atoms with E-state index in [9.17, 15) is 9.59 Å². The van der Waals surface area contributed by atoms with Gasteiger partial charge in [0.1, 0.15) is 0 Å². The normalized spacial score (nSPS) is 10.4. The van der Waals surface area contributed by atoms with Crippen molar-refractivity contribution in [1.82, 2.24) is 0 Å². The number of hydrogen-bond acceptors (Lipinski definition) is 2. The number of nitrogens with one attached hydrogen (secondary N) is 2. The summed E-state index contributed by atoms with van der Waals surface area (Å²) in [6.45, 7) is 0. The van der Waals surface area contributed by atoms with Gasteiger partial charge >= 0.3 is 0 Å². The number of benzene rings is 2. The van der Waals surface area contributed by atoms with Gasteiger partial charge in [-0.3, -0.25) is 9.59 Å². The first-order valence-electron chi connectivity index (χ1n) is 7.35. The molecular weight excluding hydrogens is 495 g/mol. The van der Waals surface area contributed by atoms with Crippen LogP contribution in [0.15, 0.2) is 45.3 Å². The van der Waals surface area contributed by atoms with Crippen molar-refractivity contribution < 1.29 is 9.59 Å². The number of amides is 2. The van der Waals surface area contributed by atoms with Crippen LogP contribution in [-0.4, -0.2) is 11.8 Å². The van der Waals surface area contributed by atoms with Crippen molar-refractivity contribution in [2.24, 2.45) is 0 Å². The van der Waals surface area contributed by atoms with Crippen molar-refractivity contribution in [3.8, 4) is 0 Å². The summed E-state index contributed by atoms with van der Waals surface area (Å²) in [6, 6.07) is 10.3. The van der Waals surface area contributed by atoms with Gasteiger partial charge in [-0.25, -0.2) is 0 Å². The molecule has 0 aliphatic carbocycles. The van der Waals surface area contributed by atoms with Crippen LogP contribution in [0, 0.1) is 0 Å². The van der Waals surface area contributed by atoms with Gasteiger partial charge in [-0.15, -0.1) is 0 Å². The second-order valence-corrected chi connectivity index (χ2v) is 7.73. The molecule has 0 aliphatic heterocycles. The Morgan fingerprint density at radius 1 is 0.800 bits per heavy atom. The van der Waals surface area contributed by atoms with Crippen LogP contribution in [0.4, 0.5) is 11.4 Å². The third-order valence-corrected chi connectivity index (χ3v) is 5.68. The SMILES string of the molecule is O=C(CCCC(=O)Nc1ccc(Br)c(Cl)c1)Nc1ccc(Br)c(Cl)c1. The van der Waals surface area contributed by atoms with Crippen LogP contribution in [0.1, 0.15) is 19.3 Å². The molecule has 0 saturated heterocycles. The van der Waals surface area contributed by atoms with E-state index in [0.717, 1.165) is 8.95 Å². The van der Waals surface area contributed by atoms with Crippen LogP contribution in [0.3, 0.4) is 0 Å². The summed E-state index contributed by atoms with van der Waals surface area (Å²) in [5, 5.41) is 6.53. The second kappa shape index (κ2) is 9.57. The Morgan fingerprint density at radius 3 is 1.56 bits per heavy atom. The summed E-state index contributed by atoms with van der Waals surface area (Å²) in [7, 11) is 0. The molecule has 0 radical (unpaired) electrons. The molecule has 0 saturated carbocycles. The molecule has 4 nitrogen and oxygen atoms in total. The Hall–Kier alpha value is -1.08. The fourth-order valence-corrected chi connectivity index (χ4v) is 2.86. The van der Waals surface area contributed by atoms with Crippen LogP contribution in [0.2, 0.25) is 10.0 Å². The number of halogens is 4. The van der Waals surface area contributed by atoms with Crippen molar-refractivity contribution in [2.75, 3.05) is 10.6 Å². The first kappa shape index (κ1) is 20.2. The lowest BCUT2D eigenvalue weighted by Crippen LogP contribution is -2.14. The molecule has 0 heterocycles. The third-order valence-electron chi connectivity index (χ3n) is 3.21. The van der Waals surface area contributed by atoms with Gasteiger partial charge in [0.2, 0.25) is 11.8 Å². The van der Waals surface area contributed by atoms with E-state index in [1.165, 1.54) is 0 Å². The maximum Gasteiger partial charge on any atom is 0.224 e. The molecule has 2 aromatic rings. The maximum absolute atomic E-state index is 11.9. The van der Waals surface area contributed by atoms with Gasteiger partial charge in [-0.2, -0.15) is 0 Å². The van der Waals surface area contributed by atoms with E-state index in [1.807, 2.05) is 0 Å².